The van der Waals surface area contributed by atoms with Crippen LogP contribution in [-0.4, -0.2) is 54.7 Å². The fourth-order valence-corrected chi connectivity index (χ4v) is 4.96. The summed E-state index contributed by atoms with van der Waals surface area (Å²) >= 11 is 0. The third kappa shape index (κ3) is 4.95. The van der Waals surface area contributed by atoms with Crippen LogP contribution in [-0.2, 0) is 16.1 Å². The number of nitrogens with one attached hydrogen (secondary N) is 1. The van der Waals surface area contributed by atoms with E-state index in [9.17, 15) is 27.6 Å². The number of carbonyl (C=O) groups is 3. The molecule has 0 aliphatic carbocycles. The van der Waals surface area contributed by atoms with Gasteiger partial charge < -0.3 is 19.3 Å². The topological polar surface area (TPSA) is 88.2 Å². The largest absolute Gasteiger partial charge is 0.573 e. The molecule has 3 heterocycles. The summed E-state index contributed by atoms with van der Waals surface area (Å²) in [5, 5.41) is 2.30. The summed E-state index contributed by atoms with van der Waals surface area (Å²) in [6.45, 7) is 2.06. The van der Waals surface area contributed by atoms with Gasteiger partial charge in [-0.15, -0.1) is 13.2 Å². The minimum Gasteiger partial charge on any atom is -0.493 e. The molecule has 11 heteroatoms. The molecule has 5 rings (SSSR count). The van der Waals surface area contributed by atoms with Crippen LogP contribution in [0.1, 0.15) is 35.2 Å². The zero-order chi connectivity index (χ0) is 25.4. The van der Waals surface area contributed by atoms with Gasteiger partial charge in [-0.2, -0.15) is 0 Å². The predicted molar refractivity (Wildman–Crippen MR) is 121 cm³/mol. The Morgan fingerprint density at radius 1 is 1.03 bits per heavy atom. The first-order valence-electron chi connectivity index (χ1n) is 11.7. The summed E-state index contributed by atoms with van der Waals surface area (Å²) in [5.74, 6) is -0.531. The lowest BCUT2D eigenvalue weighted by atomic mass is 10.0. The summed E-state index contributed by atoms with van der Waals surface area (Å²) in [5.41, 5.74) is 2.02. The van der Waals surface area contributed by atoms with Crippen LogP contribution in [0.4, 0.5) is 18.9 Å². The number of halogens is 3. The van der Waals surface area contributed by atoms with E-state index >= 15 is 0 Å². The Bertz CT molecular complexity index is 1180. The fraction of sp³-hybridized carbons (Fsp3) is 0.400. The molecular formula is C25H24F3N3O5. The molecule has 8 nitrogen and oxygen atoms in total. The van der Waals surface area contributed by atoms with Crippen molar-refractivity contribution in [3.63, 3.8) is 0 Å². The quantitative estimate of drug-likeness (QED) is 0.609. The first kappa shape index (κ1) is 24.0. The van der Waals surface area contributed by atoms with E-state index in [0.717, 1.165) is 24.2 Å². The van der Waals surface area contributed by atoms with Gasteiger partial charge in [-0.3, -0.25) is 19.7 Å². The van der Waals surface area contributed by atoms with Crippen molar-refractivity contribution in [3.05, 3.63) is 53.6 Å². The number of ether oxygens (including phenoxy) is 2. The maximum Gasteiger partial charge on any atom is 0.573 e. The predicted octanol–water partition coefficient (Wildman–Crippen LogP) is 3.25. The highest BCUT2D eigenvalue weighted by molar-refractivity contribution is 6.05. The zero-order valence-corrected chi connectivity index (χ0v) is 19.2. The van der Waals surface area contributed by atoms with E-state index in [4.69, 9.17) is 4.74 Å². The van der Waals surface area contributed by atoms with Gasteiger partial charge in [0.1, 0.15) is 17.5 Å². The lowest BCUT2D eigenvalue weighted by Crippen LogP contribution is -2.52. The number of hydrogen-bond acceptors (Lipinski definition) is 6. The first-order chi connectivity index (χ1) is 17.2. The number of fused-ring (bicyclic) bond motifs is 1. The van der Waals surface area contributed by atoms with Crippen LogP contribution in [0.3, 0.4) is 0 Å². The van der Waals surface area contributed by atoms with E-state index in [1.807, 2.05) is 0 Å². The summed E-state index contributed by atoms with van der Waals surface area (Å²) in [6.07, 6.45) is -3.40. The van der Waals surface area contributed by atoms with Crippen LogP contribution in [0, 0.1) is 5.92 Å². The van der Waals surface area contributed by atoms with Crippen molar-refractivity contribution in [1.29, 1.82) is 0 Å². The number of nitrogens with zero attached hydrogens (tertiary/aromatic N) is 2. The van der Waals surface area contributed by atoms with Gasteiger partial charge in [0.2, 0.25) is 11.8 Å². The van der Waals surface area contributed by atoms with Gasteiger partial charge in [-0.1, -0.05) is 6.07 Å². The zero-order valence-electron chi connectivity index (χ0n) is 19.2. The average Bonchev–Trinajstić information content (AvgIpc) is 3.43. The van der Waals surface area contributed by atoms with Gasteiger partial charge in [0.25, 0.3) is 5.91 Å². The van der Waals surface area contributed by atoms with Crippen LogP contribution in [0.2, 0.25) is 0 Å². The molecule has 2 fully saturated rings. The molecule has 0 aromatic heterocycles. The first-order valence-corrected chi connectivity index (χ1v) is 11.7. The number of benzene rings is 2. The van der Waals surface area contributed by atoms with Crippen LogP contribution in [0.5, 0.6) is 11.5 Å². The molecule has 1 N–H and O–H groups in total. The average molecular weight is 503 g/mol. The van der Waals surface area contributed by atoms with Crippen molar-refractivity contribution < 1.29 is 37.0 Å². The van der Waals surface area contributed by atoms with Crippen molar-refractivity contribution in [2.75, 3.05) is 24.6 Å². The second-order valence-electron chi connectivity index (χ2n) is 9.14. The van der Waals surface area contributed by atoms with E-state index in [2.05, 4.69) is 15.0 Å². The minimum atomic E-state index is -4.72. The van der Waals surface area contributed by atoms with Crippen LogP contribution in [0.25, 0.3) is 0 Å². The molecule has 2 aromatic rings. The second-order valence-corrected chi connectivity index (χ2v) is 9.14. The molecule has 3 aliphatic heterocycles. The van der Waals surface area contributed by atoms with E-state index < -0.39 is 18.3 Å². The van der Waals surface area contributed by atoms with Crippen molar-refractivity contribution >= 4 is 23.4 Å². The molecule has 36 heavy (non-hydrogen) atoms. The smallest absolute Gasteiger partial charge is 0.493 e. The highest BCUT2D eigenvalue weighted by atomic mass is 19.4. The Balaban J connectivity index is 1.19. The normalized spacial score (nSPS) is 22.0. The Morgan fingerprint density at radius 3 is 2.53 bits per heavy atom. The van der Waals surface area contributed by atoms with E-state index in [1.165, 1.54) is 17.0 Å². The van der Waals surface area contributed by atoms with Gasteiger partial charge in [0, 0.05) is 42.2 Å². The molecule has 0 radical (unpaired) electrons. The van der Waals surface area contributed by atoms with Crippen molar-refractivity contribution in [3.8, 4) is 11.5 Å². The molecule has 2 aromatic carbocycles. The fourth-order valence-electron chi connectivity index (χ4n) is 4.96. The monoisotopic (exact) mass is 503 g/mol. The molecule has 0 saturated carbocycles. The maximum atomic E-state index is 13.0. The van der Waals surface area contributed by atoms with Gasteiger partial charge >= 0.3 is 6.36 Å². The SMILES string of the molecule is O=C1CCC(N2Cc3c(OCC4CCN(c5ccc(OC(F)(F)F)cc5)C4)cccc3C2=O)C(=O)N1. The lowest BCUT2D eigenvalue weighted by Gasteiger charge is -2.29. The number of amides is 3. The summed E-state index contributed by atoms with van der Waals surface area (Å²) in [6, 6.07) is 10.4. The van der Waals surface area contributed by atoms with Gasteiger partial charge in [-0.25, -0.2) is 0 Å². The van der Waals surface area contributed by atoms with E-state index in [1.54, 1.807) is 30.3 Å². The molecule has 2 saturated heterocycles. The standard InChI is InChI=1S/C25H24F3N3O5/c26-25(27,28)36-17-6-4-16(5-7-17)30-11-10-15(12-30)14-35-21-3-1-2-18-19(21)13-31(24(18)34)20-8-9-22(32)29-23(20)33/h1-7,15,20H,8-14H2,(H,29,32,33). The van der Waals surface area contributed by atoms with Gasteiger partial charge in [0.05, 0.1) is 13.2 Å². The third-order valence-corrected chi connectivity index (χ3v) is 6.73. The van der Waals surface area contributed by atoms with Crippen molar-refractivity contribution in [2.24, 2.45) is 5.92 Å². The minimum absolute atomic E-state index is 0.190. The second kappa shape index (κ2) is 9.36. The molecule has 0 spiro atoms. The van der Waals surface area contributed by atoms with Gasteiger partial charge in [0.15, 0.2) is 0 Å². The maximum absolute atomic E-state index is 13.0. The highest BCUT2D eigenvalue weighted by Gasteiger charge is 2.40. The third-order valence-electron chi connectivity index (χ3n) is 6.73. The summed E-state index contributed by atoms with van der Waals surface area (Å²) in [4.78, 5) is 40.3. The van der Waals surface area contributed by atoms with Crippen LogP contribution < -0.4 is 19.7 Å². The number of carbonyl (C=O) groups excluding carboxylic acids is 3. The lowest BCUT2D eigenvalue weighted by molar-refractivity contribution is -0.274. The molecule has 3 amide bonds. The van der Waals surface area contributed by atoms with E-state index in [0.29, 0.717) is 30.9 Å². The molecule has 3 aliphatic rings. The molecule has 2 unspecified atom stereocenters. The van der Waals surface area contributed by atoms with Crippen LogP contribution >= 0.6 is 0 Å². The number of imide groups is 1. The number of rotatable bonds is 6. The van der Waals surface area contributed by atoms with Crippen molar-refractivity contribution in [2.45, 2.75) is 38.2 Å². The number of piperidine rings is 1. The Morgan fingerprint density at radius 2 is 1.81 bits per heavy atom. The molecule has 0 bridgehead atoms. The van der Waals surface area contributed by atoms with Crippen LogP contribution in [0.15, 0.2) is 42.5 Å². The summed E-state index contributed by atoms with van der Waals surface area (Å²) in [7, 11) is 0. The molecular weight excluding hydrogens is 479 g/mol. The number of hydrogen-bond donors (Lipinski definition) is 1. The molecule has 190 valence electrons. The number of alkyl halides is 3. The molecule has 2 atom stereocenters. The van der Waals surface area contributed by atoms with Crippen molar-refractivity contribution in [1.82, 2.24) is 10.2 Å². The Labute approximate surface area is 204 Å². The Hall–Kier alpha value is -3.76. The van der Waals surface area contributed by atoms with E-state index in [-0.39, 0.29) is 36.4 Å². The van der Waals surface area contributed by atoms with Gasteiger partial charge in [-0.05, 0) is 49.2 Å². The Kier molecular flexibility index (Phi) is 6.23. The summed E-state index contributed by atoms with van der Waals surface area (Å²) < 4.78 is 47.2. The number of anilines is 1. The highest BCUT2D eigenvalue weighted by Crippen LogP contribution is 2.34.